The van der Waals surface area contributed by atoms with Gasteiger partial charge in [-0.3, -0.25) is 9.97 Å². The summed E-state index contributed by atoms with van der Waals surface area (Å²) in [5, 5.41) is 17.1. The maximum Gasteiger partial charge on any atom is 0.416 e. The Morgan fingerprint density at radius 2 is 1.04 bits per heavy atom. The van der Waals surface area contributed by atoms with Crippen molar-refractivity contribution >= 4 is 0 Å². The van der Waals surface area contributed by atoms with Crippen molar-refractivity contribution in [3.63, 3.8) is 0 Å². The van der Waals surface area contributed by atoms with E-state index < -0.39 is 69.5 Å². The number of halogens is 12. The second-order valence-electron chi connectivity index (χ2n) is 10.4. The van der Waals surface area contributed by atoms with E-state index in [1.165, 1.54) is 0 Å². The molecule has 0 spiro atoms. The Bertz CT molecular complexity index is 1320. The molecule has 1 aliphatic carbocycles. The summed E-state index contributed by atoms with van der Waals surface area (Å²) in [5.74, 6) is 0. The van der Waals surface area contributed by atoms with Gasteiger partial charge >= 0.3 is 24.7 Å². The molecule has 257 valence electrons. The number of alkyl halides is 12. The van der Waals surface area contributed by atoms with Gasteiger partial charge in [0.15, 0.2) is 0 Å². The number of rotatable bonds is 4. The van der Waals surface area contributed by atoms with Crippen LogP contribution < -0.4 is 0 Å². The molecule has 2 unspecified atom stereocenters. The first-order valence-electron chi connectivity index (χ1n) is 13.2. The van der Waals surface area contributed by atoms with Gasteiger partial charge in [-0.25, -0.2) is 0 Å². The van der Waals surface area contributed by atoms with E-state index in [1.807, 2.05) is 0 Å². The fourth-order valence-corrected chi connectivity index (χ4v) is 4.48. The molecule has 46 heavy (non-hydrogen) atoms. The van der Waals surface area contributed by atoms with Gasteiger partial charge in [0.1, 0.15) is 0 Å². The van der Waals surface area contributed by atoms with Gasteiger partial charge < -0.3 is 10.2 Å². The average Bonchev–Trinajstić information content (AvgIpc) is 2.89. The van der Waals surface area contributed by atoms with Crippen molar-refractivity contribution in [3.8, 4) is 22.5 Å². The second kappa shape index (κ2) is 14.6. The third-order valence-corrected chi connectivity index (χ3v) is 6.43. The predicted octanol–water partition coefficient (Wildman–Crippen LogP) is 8.70. The fourth-order valence-electron chi connectivity index (χ4n) is 4.48. The maximum atomic E-state index is 13.5. The molecule has 1 radical (unpaired) electrons. The molecule has 1 aromatic heterocycles. The van der Waals surface area contributed by atoms with E-state index >= 15 is 0 Å². The molecule has 2 aromatic carbocycles. The quantitative estimate of drug-likeness (QED) is 0.204. The van der Waals surface area contributed by atoms with Crippen molar-refractivity contribution in [3.05, 3.63) is 70.0 Å². The van der Waals surface area contributed by atoms with Gasteiger partial charge in [0.05, 0.1) is 40.4 Å². The zero-order valence-electron chi connectivity index (χ0n) is 23.7. The third-order valence-electron chi connectivity index (χ3n) is 6.43. The molecule has 1 aliphatic rings. The Morgan fingerprint density at radius 3 is 1.41 bits per heavy atom. The Balaban J connectivity index is 0.000000827. The number of aromatic nitrogens is 2. The molecule has 4 rings (SSSR count). The molecular formula is C29H25F12IrN2O2-. The first-order valence-corrected chi connectivity index (χ1v) is 13.2. The number of benzene rings is 2. The van der Waals surface area contributed by atoms with E-state index in [4.69, 9.17) is 10.2 Å². The van der Waals surface area contributed by atoms with E-state index in [1.54, 1.807) is 19.9 Å². The number of aryl methyl sites for hydroxylation is 2. The van der Waals surface area contributed by atoms with E-state index in [2.05, 4.69) is 9.97 Å². The van der Waals surface area contributed by atoms with Gasteiger partial charge in [0, 0.05) is 25.8 Å². The molecule has 0 fully saturated rings. The SMILES string of the molecule is CC(O)CC(C)O.FC(F)(F)c1[c-]c(-c2nc3c(nc2-c2cc(C(F)(F)F)cc(C(F)(F)F)c2)CCCC3)cc(C(F)(F)F)c1.[Ir]. The van der Waals surface area contributed by atoms with Gasteiger partial charge in [0.2, 0.25) is 0 Å². The molecule has 0 saturated heterocycles. The van der Waals surface area contributed by atoms with Crippen LogP contribution in [0.1, 0.15) is 66.8 Å². The van der Waals surface area contributed by atoms with E-state index in [0.29, 0.717) is 19.3 Å². The van der Waals surface area contributed by atoms with Crippen LogP contribution in [0.3, 0.4) is 0 Å². The normalized spacial score (nSPS) is 15.2. The number of nitrogens with zero attached hydrogens (tertiary/aromatic N) is 2. The molecule has 2 N–H and O–H groups in total. The van der Waals surface area contributed by atoms with Crippen LogP contribution in [-0.4, -0.2) is 32.4 Å². The van der Waals surface area contributed by atoms with Crippen LogP contribution in [0, 0.1) is 6.07 Å². The van der Waals surface area contributed by atoms with Crippen LogP contribution in [0.15, 0.2) is 30.3 Å². The first-order chi connectivity index (χ1) is 20.5. The second-order valence-corrected chi connectivity index (χ2v) is 10.4. The van der Waals surface area contributed by atoms with Crippen molar-refractivity contribution in [2.45, 2.75) is 82.9 Å². The average molecular weight is 854 g/mol. The Kier molecular flexibility index (Phi) is 12.5. The monoisotopic (exact) mass is 854 g/mol. The summed E-state index contributed by atoms with van der Waals surface area (Å²) in [5.41, 5.74) is -10.0. The molecule has 2 atom stereocenters. The van der Waals surface area contributed by atoms with Crippen molar-refractivity contribution in [1.29, 1.82) is 0 Å². The van der Waals surface area contributed by atoms with Crippen LogP contribution in [0.25, 0.3) is 22.5 Å². The van der Waals surface area contributed by atoms with Crippen LogP contribution >= 0.6 is 0 Å². The minimum Gasteiger partial charge on any atom is -0.393 e. The number of aliphatic hydroxyl groups is 2. The summed E-state index contributed by atoms with van der Waals surface area (Å²) in [4.78, 5) is 8.21. The molecule has 0 aliphatic heterocycles. The zero-order chi connectivity index (χ0) is 34.1. The smallest absolute Gasteiger partial charge is 0.393 e. The first kappa shape index (κ1) is 39.4. The number of hydrogen-bond donors (Lipinski definition) is 2. The van der Waals surface area contributed by atoms with Gasteiger partial charge in [-0.2, -0.15) is 52.7 Å². The molecule has 0 bridgehead atoms. The summed E-state index contributed by atoms with van der Waals surface area (Å²) < 4.78 is 161. The summed E-state index contributed by atoms with van der Waals surface area (Å²) in [6, 6.07) is 2.20. The van der Waals surface area contributed by atoms with Crippen molar-refractivity contribution < 1.29 is 83.0 Å². The van der Waals surface area contributed by atoms with Gasteiger partial charge in [-0.1, -0.05) is 0 Å². The fraction of sp³-hybridized carbons (Fsp3) is 0.448. The van der Waals surface area contributed by atoms with Crippen LogP contribution in [0.4, 0.5) is 52.7 Å². The van der Waals surface area contributed by atoms with Gasteiger partial charge in [-0.15, -0.1) is 23.8 Å². The summed E-state index contributed by atoms with van der Waals surface area (Å²) in [7, 11) is 0. The standard InChI is InChI=1S/C24H13F12N2.C5H12O2.Ir/c25-21(26,27)13-5-11(6-14(9-13)22(28,29)30)19-20(38-18-4-2-1-3-17(18)37-19)12-7-15(23(31,32)33)10-16(8-12)24(34,35)36;1-4(6)3-5(2)7;/h5-7,9-10H,1-4H2;4-7H,3H2,1-2H3;/q-1;;. The van der Waals surface area contributed by atoms with Crippen molar-refractivity contribution in [2.75, 3.05) is 0 Å². The molecule has 17 heteroatoms. The molecular weight excluding hydrogens is 829 g/mol. The van der Waals surface area contributed by atoms with Crippen LogP contribution in [0.5, 0.6) is 0 Å². The number of fused-ring (bicyclic) bond motifs is 1. The van der Waals surface area contributed by atoms with Crippen LogP contribution in [-0.2, 0) is 57.7 Å². The largest absolute Gasteiger partial charge is 0.416 e. The summed E-state index contributed by atoms with van der Waals surface area (Å²) in [6.45, 7) is 3.32. The van der Waals surface area contributed by atoms with Crippen LogP contribution in [0.2, 0.25) is 0 Å². The zero-order valence-corrected chi connectivity index (χ0v) is 26.1. The minimum absolute atomic E-state index is 0. The predicted molar refractivity (Wildman–Crippen MR) is 136 cm³/mol. The molecule has 0 saturated carbocycles. The number of hydrogen-bond acceptors (Lipinski definition) is 4. The Labute approximate surface area is 268 Å². The maximum absolute atomic E-state index is 13.5. The Hall–Kier alpha value is -2.75. The van der Waals surface area contributed by atoms with E-state index in [-0.39, 0.29) is 86.9 Å². The Morgan fingerprint density at radius 1 is 0.630 bits per heavy atom. The van der Waals surface area contributed by atoms with Gasteiger partial charge in [0.25, 0.3) is 0 Å². The van der Waals surface area contributed by atoms with E-state index in [0.717, 1.165) is 0 Å². The number of aliphatic hydroxyl groups excluding tert-OH is 2. The van der Waals surface area contributed by atoms with Crippen molar-refractivity contribution in [2.24, 2.45) is 0 Å². The molecule has 1 heterocycles. The van der Waals surface area contributed by atoms with Crippen molar-refractivity contribution in [1.82, 2.24) is 9.97 Å². The van der Waals surface area contributed by atoms with Gasteiger partial charge in [-0.05, 0) is 80.8 Å². The minimum atomic E-state index is -5.31. The topological polar surface area (TPSA) is 66.2 Å². The third kappa shape index (κ3) is 10.4. The molecule has 4 nitrogen and oxygen atoms in total. The molecule has 0 amide bonds. The van der Waals surface area contributed by atoms with E-state index in [9.17, 15) is 52.7 Å². The summed E-state index contributed by atoms with van der Waals surface area (Å²) in [6.07, 6.45) is -19.9. The summed E-state index contributed by atoms with van der Waals surface area (Å²) >= 11 is 0. The molecule has 3 aromatic rings.